The van der Waals surface area contributed by atoms with Crippen LogP contribution in [0.3, 0.4) is 0 Å². The fourth-order valence-corrected chi connectivity index (χ4v) is 13.5. The normalized spacial score (nSPS) is 38.1. The number of nitrogens with zero attached hydrogens (tertiary/aromatic N) is 3. The molecule has 32 heteroatoms. The summed E-state index contributed by atoms with van der Waals surface area (Å²) >= 11 is 0. The average molecular weight is 1250 g/mol. The highest BCUT2D eigenvalue weighted by Gasteiger charge is 2.47. The molecule has 6 saturated heterocycles. The van der Waals surface area contributed by atoms with Crippen LogP contribution < -0.4 is 0 Å². The van der Waals surface area contributed by atoms with Gasteiger partial charge in [0.2, 0.25) is 17.7 Å². The van der Waals surface area contributed by atoms with Gasteiger partial charge in [-0.15, -0.1) is 0 Å². The maximum absolute atomic E-state index is 14.2. The highest BCUT2D eigenvalue weighted by Crippen LogP contribution is 2.50. The number of β-amino-alcohol motifs (C(OH)–C–C–N with tert-alkyl or cyclic N) is 1. The zero-order chi connectivity index (χ0) is 61.8. The van der Waals surface area contributed by atoms with E-state index < -0.39 is 182 Å². The van der Waals surface area contributed by atoms with E-state index in [-0.39, 0.29) is 122 Å². The minimum Gasteiger partial charge on any atom is -0.394 e. The molecule has 9 unspecified atom stereocenters. The molecule has 6 heterocycles. The Labute approximate surface area is 489 Å². The summed E-state index contributed by atoms with van der Waals surface area (Å²) in [5.74, 6) is -3.09. The Bertz CT molecular complexity index is 2160. The number of carbonyl (C=O) groups is 3. The third kappa shape index (κ3) is 19.5. The van der Waals surface area contributed by atoms with Gasteiger partial charge in [-0.05, 0) is 52.4 Å². The molecular formula is C52H93N3O27P2. The lowest BCUT2D eigenvalue weighted by molar-refractivity contribution is -0.282. The molecule has 488 valence electrons. The van der Waals surface area contributed by atoms with Gasteiger partial charge in [0.1, 0.15) is 36.6 Å². The molecule has 0 aromatic heterocycles. The van der Waals surface area contributed by atoms with Crippen molar-refractivity contribution < 1.29 is 131 Å². The van der Waals surface area contributed by atoms with Crippen molar-refractivity contribution in [1.82, 2.24) is 14.7 Å². The monoisotopic (exact) mass is 1250 g/mol. The lowest BCUT2D eigenvalue weighted by Gasteiger charge is -2.40. The van der Waals surface area contributed by atoms with Crippen molar-refractivity contribution in [3.05, 3.63) is 0 Å². The molecule has 6 rings (SSSR count). The predicted molar refractivity (Wildman–Crippen MR) is 289 cm³/mol. The summed E-state index contributed by atoms with van der Waals surface area (Å²) in [5, 5.41) is 101. The Morgan fingerprint density at radius 3 is 1.27 bits per heavy atom. The topological polar surface area (TPSA) is 419 Å². The van der Waals surface area contributed by atoms with Crippen molar-refractivity contribution in [2.24, 2.45) is 17.8 Å². The Hall–Kier alpha value is -2.01. The molecule has 6 fully saturated rings. The second-order valence-electron chi connectivity index (χ2n) is 23.2. The van der Waals surface area contributed by atoms with Crippen LogP contribution in [0.25, 0.3) is 0 Å². The minimum absolute atomic E-state index is 0.00302. The Morgan fingerprint density at radius 1 is 0.524 bits per heavy atom. The van der Waals surface area contributed by atoms with Gasteiger partial charge in [-0.1, -0.05) is 20.8 Å². The van der Waals surface area contributed by atoms with E-state index in [9.17, 15) is 79.5 Å². The highest BCUT2D eigenvalue weighted by atomic mass is 31.2. The number of rotatable bonds is 31. The molecule has 11 N–H and O–H groups in total. The van der Waals surface area contributed by atoms with Crippen LogP contribution in [0.1, 0.15) is 92.4 Å². The van der Waals surface area contributed by atoms with Crippen LogP contribution in [0, 0.1) is 17.8 Å². The fraction of sp³-hybridized carbons (Fsp3) is 0.942. The van der Waals surface area contributed by atoms with Crippen LogP contribution in [0.2, 0.25) is 0 Å². The first-order valence-electron chi connectivity index (χ1n) is 29.1. The molecule has 23 atom stereocenters. The Morgan fingerprint density at radius 2 is 0.881 bits per heavy atom. The maximum Gasteiger partial charge on any atom is 0.472 e. The number of aliphatic hydroxyl groups excluding tert-OH is 10. The summed E-state index contributed by atoms with van der Waals surface area (Å²) in [5.41, 5.74) is 0. The quantitative estimate of drug-likeness (QED) is 0.0262. The number of hydrogen-bond acceptors (Lipinski definition) is 26. The van der Waals surface area contributed by atoms with Crippen molar-refractivity contribution in [3.8, 4) is 0 Å². The van der Waals surface area contributed by atoms with Crippen LogP contribution in [-0.2, 0) is 74.8 Å². The molecule has 0 aromatic carbocycles. The third-order valence-corrected chi connectivity index (χ3v) is 18.6. The molecule has 30 nitrogen and oxygen atoms in total. The second kappa shape index (κ2) is 32.6. The van der Waals surface area contributed by atoms with Crippen molar-refractivity contribution in [2.45, 2.75) is 209 Å². The van der Waals surface area contributed by atoms with Crippen LogP contribution in [0.4, 0.5) is 0 Å². The van der Waals surface area contributed by atoms with E-state index in [1.165, 1.54) is 16.5 Å². The van der Waals surface area contributed by atoms with Gasteiger partial charge < -0.3 is 113 Å². The van der Waals surface area contributed by atoms with Crippen LogP contribution in [0.5, 0.6) is 0 Å². The number of phosphoric acid groups is 1. The summed E-state index contributed by atoms with van der Waals surface area (Å²) < 4.78 is 90.9. The zero-order valence-electron chi connectivity index (χ0n) is 48.7. The third-order valence-electron chi connectivity index (χ3n) is 16.3. The molecular weight excluding hydrogens is 1160 g/mol. The number of ether oxygens (including phenoxy) is 7. The summed E-state index contributed by atoms with van der Waals surface area (Å²) in [6.45, 7) is 7.06. The standard InChI is InChI=1S/C52H93N3O27P2/c1-28(2)75-25-33-17-36(20-54(33)42(61)11-8-14-73-51-30(4)45(64)48(67)39(23-57)79-51)81-83(6,69)76-26-34-18-37(21-55(34)43(62)12-9-15-74-52-31(5)46(65)49(68)40(24-58)80-52)82-84(70,71)77-27-32-16-35(59)19-53(32)41(60)10-7-13-72-50-29(3)44(63)47(66)38(22-56)78-50/h28-40,44-52,56-59,63-68H,7-27H2,1-6H3,(H,70,71)/t29?,30?,31?,32-,33-,34-,35+,36?,37+,38?,39?,40?,44+,45+,46+,47-,48-,49-,50+,51+,52+,83?/m0/s1. The van der Waals surface area contributed by atoms with E-state index in [1.807, 2.05) is 13.8 Å². The minimum atomic E-state index is -4.95. The summed E-state index contributed by atoms with van der Waals surface area (Å²) in [4.78, 5) is 56.4. The average Bonchev–Trinajstić information content (AvgIpc) is 4.32. The predicted octanol–water partition coefficient (Wildman–Crippen LogP) is -2.08. The number of hydrogen-bond donors (Lipinski definition) is 11. The molecule has 0 aromatic rings. The number of likely N-dealkylation sites (tertiary alicyclic amines) is 3. The van der Waals surface area contributed by atoms with Gasteiger partial charge >= 0.3 is 15.4 Å². The zero-order valence-corrected chi connectivity index (χ0v) is 50.5. The van der Waals surface area contributed by atoms with Gasteiger partial charge in [-0.2, -0.15) is 0 Å². The molecule has 0 aliphatic carbocycles. The van der Waals surface area contributed by atoms with Gasteiger partial charge in [-0.3, -0.25) is 28.0 Å². The number of aliphatic hydroxyl groups is 10. The van der Waals surface area contributed by atoms with E-state index >= 15 is 0 Å². The molecule has 6 aliphatic rings. The first kappa shape index (κ1) is 71.1. The van der Waals surface area contributed by atoms with E-state index in [2.05, 4.69) is 0 Å². The molecule has 0 radical (unpaired) electrons. The summed E-state index contributed by atoms with van der Waals surface area (Å²) in [6.07, 6.45) is -16.2. The first-order valence-corrected chi connectivity index (χ1v) is 32.6. The molecule has 0 bridgehead atoms. The van der Waals surface area contributed by atoms with E-state index in [1.54, 1.807) is 25.7 Å². The van der Waals surface area contributed by atoms with Crippen molar-refractivity contribution in [1.29, 1.82) is 0 Å². The van der Waals surface area contributed by atoms with Crippen molar-refractivity contribution in [2.75, 3.05) is 85.8 Å². The SMILES string of the molecule is CC(C)OC[C@@H]1CC(OP(C)(=O)OC[C@@H]2C[C@@H](OP(=O)(O)OC[C@@H]3C[C@@H](O)CN3C(=O)CCCO[C@@H]3OC(CO)[C@H](O)[C@H](O)C3C)CN2C(=O)CCCO[C@@H]2OC(CO)[C@H](O)[C@H](O)C2C)CN1C(=O)CCCO[C@@H]1OC(CO)[C@H](O)[C@H](O)C1C. The van der Waals surface area contributed by atoms with Crippen LogP contribution >= 0.6 is 15.4 Å². The molecule has 0 spiro atoms. The van der Waals surface area contributed by atoms with Gasteiger partial charge in [0.05, 0.1) is 120 Å². The molecule has 0 saturated carbocycles. The van der Waals surface area contributed by atoms with Gasteiger partial charge in [0, 0.05) is 63.3 Å². The fourth-order valence-electron chi connectivity index (χ4n) is 11.3. The lowest BCUT2D eigenvalue weighted by Crippen LogP contribution is -2.55. The van der Waals surface area contributed by atoms with E-state index in [0.29, 0.717) is 0 Å². The molecule has 84 heavy (non-hydrogen) atoms. The van der Waals surface area contributed by atoms with Crippen LogP contribution in [-0.4, -0.2) is 290 Å². The number of phosphoric ester groups is 1. The lowest BCUT2D eigenvalue weighted by atomic mass is 9.92. The van der Waals surface area contributed by atoms with Crippen LogP contribution in [0.15, 0.2) is 0 Å². The summed E-state index contributed by atoms with van der Waals surface area (Å²) in [7, 11) is -8.94. The smallest absolute Gasteiger partial charge is 0.394 e. The Balaban J connectivity index is 1.03. The maximum atomic E-state index is 14.2. The number of amides is 3. The molecule has 3 amide bonds. The van der Waals surface area contributed by atoms with Crippen molar-refractivity contribution >= 4 is 33.1 Å². The second-order valence-corrected chi connectivity index (χ2v) is 26.7. The van der Waals surface area contributed by atoms with Crippen molar-refractivity contribution in [3.63, 3.8) is 0 Å². The first-order chi connectivity index (χ1) is 39.7. The largest absolute Gasteiger partial charge is 0.472 e. The highest BCUT2D eigenvalue weighted by molar-refractivity contribution is 7.53. The van der Waals surface area contributed by atoms with Gasteiger partial charge in [0.15, 0.2) is 18.9 Å². The summed E-state index contributed by atoms with van der Waals surface area (Å²) in [6, 6.07) is -2.20. The van der Waals surface area contributed by atoms with Gasteiger partial charge in [0.25, 0.3) is 0 Å². The molecule has 6 aliphatic heterocycles. The Kier molecular flexibility index (Phi) is 27.6. The number of carbonyl (C=O) groups excluding carboxylic acids is 3. The van der Waals surface area contributed by atoms with E-state index in [4.69, 9.17) is 51.3 Å². The van der Waals surface area contributed by atoms with Gasteiger partial charge in [-0.25, -0.2) is 4.57 Å². The van der Waals surface area contributed by atoms with E-state index in [0.717, 1.165) is 0 Å².